The molecular formula is C19H22F4N4O2S. The maximum absolute atomic E-state index is 13.2. The normalized spacial score (nSPS) is 12.7. The van der Waals surface area contributed by atoms with Gasteiger partial charge in [-0.15, -0.1) is 0 Å². The molecule has 3 N–H and O–H groups in total. The lowest BCUT2D eigenvalue weighted by Gasteiger charge is -2.16. The van der Waals surface area contributed by atoms with E-state index in [0.717, 1.165) is 12.1 Å². The highest BCUT2D eigenvalue weighted by molar-refractivity contribution is 7.89. The Morgan fingerprint density at radius 2 is 1.83 bits per heavy atom. The van der Waals surface area contributed by atoms with Crippen molar-refractivity contribution in [3.05, 3.63) is 65.0 Å². The molecule has 2 rings (SSSR count). The summed E-state index contributed by atoms with van der Waals surface area (Å²) < 4.78 is 78.7. The van der Waals surface area contributed by atoms with E-state index in [9.17, 15) is 26.0 Å². The first-order valence-electron chi connectivity index (χ1n) is 8.97. The van der Waals surface area contributed by atoms with Crippen molar-refractivity contribution >= 4 is 16.0 Å². The number of rotatable bonds is 7. The molecule has 2 aromatic rings. The number of nitrogens with zero attached hydrogens (tertiary/aromatic N) is 1. The van der Waals surface area contributed by atoms with Crippen molar-refractivity contribution in [1.29, 1.82) is 0 Å². The first-order valence-corrected chi connectivity index (χ1v) is 10.5. The monoisotopic (exact) mass is 446 g/mol. The molecule has 0 atom stereocenters. The van der Waals surface area contributed by atoms with Gasteiger partial charge in [-0.1, -0.05) is 18.2 Å². The molecule has 0 aliphatic carbocycles. The number of nitrogens with one attached hydrogen (secondary N) is 3. The van der Waals surface area contributed by atoms with Crippen molar-refractivity contribution < 1.29 is 26.0 Å². The van der Waals surface area contributed by atoms with Gasteiger partial charge in [-0.2, -0.15) is 13.2 Å². The van der Waals surface area contributed by atoms with Crippen LogP contribution in [0.4, 0.5) is 17.6 Å². The molecule has 0 saturated heterocycles. The van der Waals surface area contributed by atoms with Crippen LogP contribution in [0.15, 0.2) is 52.4 Å². The Labute approximate surface area is 172 Å². The lowest BCUT2D eigenvalue weighted by atomic mass is 10.1. The van der Waals surface area contributed by atoms with E-state index in [1.807, 2.05) is 0 Å². The fraction of sp³-hybridized carbons (Fsp3) is 0.316. The SMILES string of the molecule is CCNC(=NCc1cccc(S(=O)(=O)NC)c1)NCc1ccc(F)cc1C(F)(F)F. The van der Waals surface area contributed by atoms with Crippen LogP contribution in [0, 0.1) is 5.82 Å². The molecule has 0 saturated carbocycles. The summed E-state index contributed by atoms with van der Waals surface area (Å²) in [6.45, 7) is 2.11. The van der Waals surface area contributed by atoms with Crippen molar-refractivity contribution in [1.82, 2.24) is 15.4 Å². The zero-order valence-corrected chi connectivity index (χ0v) is 17.2. The summed E-state index contributed by atoms with van der Waals surface area (Å²) in [6.07, 6.45) is -4.69. The Kier molecular flexibility index (Phi) is 7.79. The van der Waals surface area contributed by atoms with Gasteiger partial charge >= 0.3 is 6.18 Å². The minimum Gasteiger partial charge on any atom is -0.357 e. The van der Waals surface area contributed by atoms with Gasteiger partial charge in [-0.3, -0.25) is 0 Å². The molecule has 6 nitrogen and oxygen atoms in total. The average molecular weight is 446 g/mol. The van der Waals surface area contributed by atoms with E-state index >= 15 is 0 Å². The number of halogens is 4. The zero-order chi connectivity index (χ0) is 22.4. The third-order valence-electron chi connectivity index (χ3n) is 4.07. The number of sulfonamides is 1. The Morgan fingerprint density at radius 3 is 2.47 bits per heavy atom. The third kappa shape index (κ3) is 6.42. The molecule has 0 aliphatic rings. The predicted molar refractivity (Wildman–Crippen MR) is 106 cm³/mol. The van der Waals surface area contributed by atoms with Crippen LogP contribution in [0.1, 0.15) is 23.6 Å². The van der Waals surface area contributed by atoms with Crippen LogP contribution in [-0.2, 0) is 29.3 Å². The van der Waals surface area contributed by atoms with Crippen molar-refractivity contribution in [2.45, 2.75) is 31.1 Å². The van der Waals surface area contributed by atoms with Gasteiger partial charge in [0.1, 0.15) is 5.82 Å². The first kappa shape index (κ1) is 23.6. The highest BCUT2D eigenvalue weighted by Gasteiger charge is 2.33. The molecule has 30 heavy (non-hydrogen) atoms. The topological polar surface area (TPSA) is 82.6 Å². The molecule has 2 aromatic carbocycles. The number of alkyl halides is 3. The van der Waals surface area contributed by atoms with Gasteiger partial charge in [0.05, 0.1) is 17.0 Å². The Balaban J connectivity index is 2.18. The van der Waals surface area contributed by atoms with Crippen molar-refractivity contribution in [2.75, 3.05) is 13.6 Å². The average Bonchev–Trinajstić information content (AvgIpc) is 2.70. The summed E-state index contributed by atoms with van der Waals surface area (Å²) in [5, 5.41) is 5.68. The van der Waals surface area contributed by atoms with E-state index in [1.54, 1.807) is 19.1 Å². The van der Waals surface area contributed by atoms with Crippen LogP contribution in [0.25, 0.3) is 0 Å². The van der Waals surface area contributed by atoms with Crippen LogP contribution >= 0.6 is 0 Å². The number of benzene rings is 2. The van der Waals surface area contributed by atoms with E-state index in [4.69, 9.17) is 0 Å². The maximum atomic E-state index is 13.2. The van der Waals surface area contributed by atoms with Crippen LogP contribution in [-0.4, -0.2) is 28.0 Å². The molecule has 0 spiro atoms. The van der Waals surface area contributed by atoms with Gasteiger partial charge in [0.2, 0.25) is 10.0 Å². The lowest BCUT2D eigenvalue weighted by molar-refractivity contribution is -0.138. The second-order valence-corrected chi connectivity index (χ2v) is 8.09. The highest BCUT2D eigenvalue weighted by atomic mass is 32.2. The molecule has 0 aromatic heterocycles. The van der Waals surface area contributed by atoms with Crippen LogP contribution in [0.3, 0.4) is 0 Å². The van der Waals surface area contributed by atoms with E-state index in [1.165, 1.54) is 19.2 Å². The summed E-state index contributed by atoms with van der Waals surface area (Å²) in [5.41, 5.74) is -0.589. The van der Waals surface area contributed by atoms with Crippen LogP contribution < -0.4 is 15.4 Å². The Hall–Kier alpha value is -2.66. The second-order valence-electron chi connectivity index (χ2n) is 6.20. The Bertz CT molecular complexity index is 1010. The van der Waals surface area contributed by atoms with E-state index in [-0.39, 0.29) is 29.5 Å². The van der Waals surface area contributed by atoms with Crippen LogP contribution in [0.2, 0.25) is 0 Å². The molecular weight excluding hydrogens is 424 g/mol. The molecule has 164 valence electrons. The smallest absolute Gasteiger partial charge is 0.357 e. The van der Waals surface area contributed by atoms with Crippen molar-refractivity contribution in [3.63, 3.8) is 0 Å². The number of hydrogen-bond donors (Lipinski definition) is 3. The van der Waals surface area contributed by atoms with Gasteiger partial charge in [-0.05, 0) is 49.4 Å². The molecule has 0 amide bonds. The largest absolute Gasteiger partial charge is 0.416 e. The summed E-state index contributed by atoms with van der Waals surface area (Å²) >= 11 is 0. The van der Waals surface area contributed by atoms with Gasteiger partial charge in [0.15, 0.2) is 5.96 Å². The van der Waals surface area contributed by atoms with Crippen molar-refractivity contribution in [3.8, 4) is 0 Å². The summed E-state index contributed by atoms with van der Waals surface area (Å²) in [4.78, 5) is 4.36. The molecule has 0 radical (unpaired) electrons. The molecule has 0 fully saturated rings. The van der Waals surface area contributed by atoms with Gasteiger partial charge in [0.25, 0.3) is 0 Å². The molecule has 0 heterocycles. The number of guanidine groups is 1. The zero-order valence-electron chi connectivity index (χ0n) is 16.3. The first-order chi connectivity index (χ1) is 14.1. The number of hydrogen-bond acceptors (Lipinski definition) is 3. The molecule has 0 bridgehead atoms. The van der Waals surface area contributed by atoms with Gasteiger partial charge in [0, 0.05) is 13.1 Å². The quantitative estimate of drug-likeness (QED) is 0.347. The fourth-order valence-electron chi connectivity index (χ4n) is 2.59. The van der Waals surface area contributed by atoms with E-state index in [0.29, 0.717) is 18.2 Å². The second kappa shape index (κ2) is 9.90. The minimum absolute atomic E-state index is 0.0804. The van der Waals surface area contributed by atoms with E-state index in [2.05, 4.69) is 20.3 Å². The Morgan fingerprint density at radius 1 is 1.10 bits per heavy atom. The lowest BCUT2D eigenvalue weighted by Crippen LogP contribution is -2.37. The summed E-state index contributed by atoms with van der Waals surface area (Å²) in [7, 11) is -2.30. The maximum Gasteiger partial charge on any atom is 0.416 e. The van der Waals surface area contributed by atoms with Gasteiger partial charge < -0.3 is 10.6 Å². The minimum atomic E-state index is -4.69. The van der Waals surface area contributed by atoms with E-state index < -0.39 is 27.6 Å². The standard InChI is InChI=1S/C19H22F4N4O2S/c1-3-25-18(26-11-13-5-4-6-16(9-13)30(28,29)24-2)27-12-14-7-8-15(20)10-17(14)19(21,22)23/h4-10,24H,3,11-12H2,1-2H3,(H2,25,26,27). The highest BCUT2D eigenvalue weighted by Crippen LogP contribution is 2.32. The summed E-state index contributed by atoms with van der Waals surface area (Å²) in [5.74, 6) is -0.736. The third-order valence-corrected chi connectivity index (χ3v) is 5.48. The summed E-state index contributed by atoms with van der Waals surface area (Å²) in [6, 6.07) is 8.64. The molecule has 0 aliphatic heterocycles. The fourth-order valence-corrected chi connectivity index (χ4v) is 3.39. The molecule has 0 unspecified atom stereocenters. The van der Waals surface area contributed by atoms with Gasteiger partial charge in [-0.25, -0.2) is 22.5 Å². The number of aliphatic imine (C=N–C) groups is 1. The predicted octanol–water partition coefficient (Wildman–Crippen LogP) is 3.01. The van der Waals surface area contributed by atoms with Crippen LogP contribution in [0.5, 0.6) is 0 Å². The molecule has 11 heteroatoms. The van der Waals surface area contributed by atoms with Crippen molar-refractivity contribution in [2.24, 2.45) is 4.99 Å².